The third kappa shape index (κ3) is 5.68. The lowest BCUT2D eigenvalue weighted by Gasteiger charge is -2.22. The Labute approximate surface area is 142 Å². The Kier molecular flexibility index (Phi) is 6.78. The van der Waals surface area contributed by atoms with Crippen LogP contribution in [0.3, 0.4) is 0 Å². The van der Waals surface area contributed by atoms with Crippen molar-refractivity contribution in [3.8, 4) is 5.75 Å². The molecule has 0 aliphatic carbocycles. The third-order valence-electron chi connectivity index (χ3n) is 3.74. The second-order valence-electron chi connectivity index (χ2n) is 5.77. The average Bonchev–Trinajstić information content (AvgIpc) is 2.60. The van der Waals surface area contributed by atoms with E-state index in [0.29, 0.717) is 5.75 Å². The molecule has 0 amide bonds. The maximum Gasteiger partial charge on any atom is 0.514 e. The van der Waals surface area contributed by atoms with E-state index in [1.54, 1.807) is 12.1 Å². The number of nitrogens with zero attached hydrogens (tertiary/aromatic N) is 1. The van der Waals surface area contributed by atoms with Crippen LogP contribution in [-0.4, -0.2) is 42.9 Å². The van der Waals surface area contributed by atoms with E-state index in [4.69, 9.17) is 9.47 Å². The van der Waals surface area contributed by atoms with Crippen molar-refractivity contribution in [3.05, 3.63) is 65.7 Å². The molecule has 1 atom stereocenters. The second-order valence-corrected chi connectivity index (χ2v) is 5.77. The summed E-state index contributed by atoms with van der Waals surface area (Å²) in [5.41, 5.74) is 1.97. The van der Waals surface area contributed by atoms with Crippen LogP contribution < -0.4 is 4.74 Å². The topological polar surface area (TPSA) is 59.0 Å². The first kappa shape index (κ1) is 18.0. The lowest BCUT2D eigenvalue weighted by atomic mass is 10.1. The van der Waals surface area contributed by atoms with Crippen LogP contribution in [0.15, 0.2) is 54.6 Å². The molecule has 0 radical (unpaired) electrons. The van der Waals surface area contributed by atoms with Crippen LogP contribution >= 0.6 is 0 Å². The lowest BCUT2D eigenvalue weighted by Crippen LogP contribution is -2.33. The first-order chi connectivity index (χ1) is 11.6. The molecule has 2 rings (SSSR count). The van der Waals surface area contributed by atoms with Gasteiger partial charge in [-0.3, -0.25) is 0 Å². The fourth-order valence-electron chi connectivity index (χ4n) is 2.22. The molecule has 2 aromatic rings. The van der Waals surface area contributed by atoms with Gasteiger partial charge in [-0.05, 0) is 43.8 Å². The molecule has 24 heavy (non-hydrogen) atoms. The van der Waals surface area contributed by atoms with Gasteiger partial charge in [-0.15, -0.1) is 0 Å². The van der Waals surface area contributed by atoms with E-state index in [2.05, 4.69) is 0 Å². The van der Waals surface area contributed by atoms with Crippen molar-refractivity contribution in [1.29, 1.82) is 0 Å². The zero-order valence-electron chi connectivity index (χ0n) is 14.0. The highest BCUT2D eigenvalue weighted by Crippen LogP contribution is 2.15. The Hall–Kier alpha value is -2.37. The third-order valence-corrected chi connectivity index (χ3v) is 3.74. The van der Waals surface area contributed by atoms with Crippen molar-refractivity contribution >= 4 is 6.16 Å². The van der Waals surface area contributed by atoms with Crippen LogP contribution in [0.1, 0.15) is 11.1 Å². The molecule has 1 unspecified atom stereocenters. The number of carbonyl (C=O) groups excluding carboxylic acids is 1. The van der Waals surface area contributed by atoms with Crippen LogP contribution in [0.4, 0.5) is 4.79 Å². The van der Waals surface area contributed by atoms with Gasteiger partial charge in [0.05, 0.1) is 6.61 Å². The zero-order chi connectivity index (χ0) is 17.4. The molecular weight excluding hydrogens is 306 g/mol. The van der Waals surface area contributed by atoms with Gasteiger partial charge in [-0.2, -0.15) is 0 Å². The van der Waals surface area contributed by atoms with E-state index in [1.165, 1.54) is 0 Å². The lowest BCUT2D eigenvalue weighted by molar-refractivity contribution is 0.0927. The summed E-state index contributed by atoms with van der Waals surface area (Å²) in [6.07, 6.45) is -0.00415. The SMILES string of the molecule is CN(C)C(CO)Cc1ccc(OC(=O)OCc2ccccc2)cc1. The zero-order valence-corrected chi connectivity index (χ0v) is 14.0. The molecule has 0 aliphatic rings. The maximum atomic E-state index is 11.7. The minimum absolute atomic E-state index is 0.0626. The first-order valence-corrected chi connectivity index (χ1v) is 7.83. The number of carbonyl (C=O) groups is 1. The predicted molar refractivity (Wildman–Crippen MR) is 92.0 cm³/mol. The summed E-state index contributed by atoms with van der Waals surface area (Å²) in [4.78, 5) is 13.7. The fraction of sp³-hybridized carbons (Fsp3) is 0.316. The van der Waals surface area contributed by atoms with Crippen molar-refractivity contribution in [3.63, 3.8) is 0 Å². The molecule has 5 nitrogen and oxygen atoms in total. The molecule has 0 aromatic heterocycles. The number of rotatable bonds is 7. The standard InChI is InChI=1S/C19H23NO4/c1-20(2)17(13-21)12-15-8-10-18(11-9-15)24-19(22)23-14-16-6-4-3-5-7-16/h3-11,17,21H,12-14H2,1-2H3. The Morgan fingerprint density at radius 3 is 2.29 bits per heavy atom. The van der Waals surface area contributed by atoms with E-state index in [9.17, 15) is 9.90 Å². The fourth-order valence-corrected chi connectivity index (χ4v) is 2.22. The Bertz CT molecular complexity index is 626. The van der Waals surface area contributed by atoms with Gasteiger partial charge in [0.15, 0.2) is 0 Å². The molecule has 2 aromatic carbocycles. The molecule has 0 saturated carbocycles. The minimum atomic E-state index is -0.729. The quantitative estimate of drug-likeness (QED) is 0.625. The van der Waals surface area contributed by atoms with E-state index < -0.39 is 6.16 Å². The van der Waals surface area contributed by atoms with Crippen molar-refractivity contribution in [2.24, 2.45) is 0 Å². The van der Waals surface area contributed by atoms with Gasteiger partial charge in [-0.1, -0.05) is 42.5 Å². The number of hydrogen-bond donors (Lipinski definition) is 1. The molecule has 0 fully saturated rings. The second kappa shape index (κ2) is 9.05. The predicted octanol–water partition coefficient (Wildman–Crippen LogP) is 2.87. The summed E-state index contributed by atoms with van der Waals surface area (Å²) in [6, 6.07) is 16.7. The number of aliphatic hydroxyl groups excluding tert-OH is 1. The summed E-state index contributed by atoms with van der Waals surface area (Å²) in [6.45, 7) is 0.274. The smallest absolute Gasteiger partial charge is 0.429 e. The summed E-state index contributed by atoms with van der Waals surface area (Å²) >= 11 is 0. The largest absolute Gasteiger partial charge is 0.514 e. The molecule has 1 N–H and O–H groups in total. The number of ether oxygens (including phenoxy) is 2. The number of likely N-dealkylation sites (N-methyl/N-ethyl adjacent to an activating group) is 1. The summed E-state index contributed by atoms with van der Waals surface area (Å²) in [7, 11) is 3.86. The van der Waals surface area contributed by atoms with Gasteiger partial charge in [0.2, 0.25) is 0 Å². The number of benzene rings is 2. The van der Waals surface area contributed by atoms with Gasteiger partial charge in [0.1, 0.15) is 12.4 Å². The van der Waals surface area contributed by atoms with Gasteiger partial charge in [-0.25, -0.2) is 4.79 Å². The first-order valence-electron chi connectivity index (χ1n) is 7.83. The van der Waals surface area contributed by atoms with Gasteiger partial charge < -0.3 is 19.5 Å². The highest BCUT2D eigenvalue weighted by Gasteiger charge is 2.11. The van der Waals surface area contributed by atoms with Crippen molar-refractivity contribution in [2.45, 2.75) is 19.1 Å². The van der Waals surface area contributed by atoms with E-state index in [-0.39, 0.29) is 19.3 Å². The minimum Gasteiger partial charge on any atom is -0.429 e. The van der Waals surface area contributed by atoms with Crippen LogP contribution in [0, 0.1) is 0 Å². The Balaban J connectivity index is 1.83. The normalized spacial score (nSPS) is 12.0. The van der Waals surface area contributed by atoms with Crippen molar-refractivity contribution < 1.29 is 19.4 Å². The van der Waals surface area contributed by atoms with Gasteiger partial charge >= 0.3 is 6.16 Å². The van der Waals surface area contributed by atoms with E-state index in [0.717, 1.165) is 17.5 Å². The monoisotopic (exact) mass is 329 g/mol. The van der Waals surface area contributed by atoms with Crippen molar-refractivity contribution in [1.82, 2.24) is 4.90 Å². The average molecular weight is 329 g/mol. The summed E-state index contributed by atoms with van der Waals surface area (Å²) in [5.74, 6) is 0.433. The molecular formula is C19H23NO4. The number of hydrogen-bond acceptors (Lipinski definition) is 5. The van der Waals surface area contributed by atoms with E-state index >= 15 is 0 Å². The molecule has 0 aliphatic heterocycles. The Morgan fingerprint density at radius 2 is 1.71 bits per heavy atom. The highest BCUT2D eigenvalue weighted by atomic mass is 16.7. The van der Waals surface area contributed by atoms with Gasteiger partial charge in [0, 0.05) is 6.04 Å². The van der Waals surface area contributed by atoms with Crippen LogP contribution in [0.25, 0.3) is 0 Å². The molecule has 5 heteroatoms. The Morgan fingerprint density at radius 1 is 1.04 bits per heavy atom. The van der Waals surface area contributed by atoms with Crippen LogP contribution in [0.5, 0.6) is 5.75 Å². The highest BCUT2D eigenvalue weighted by molar-refractivity contribution is 5.63. The molecule has 128 valence electrons. The maximum absolute atomic E-state index is 11.7. The van der Waals surface area contributed by atoms with Gasteiger partial charge in [0.25, 0.3) is 0 Å². The van der Waals surface area contributed by atoms with Crippen LogP contribution in [0.2, 0.25) is 0 Å². The summed E-state index contributed by atoms with van der Waals surface area (Å²) < 4.78 is 10.2. The molecule has 0 saturated heterocycles. The van der Waals surface area contributed by atoms with Crippen LogP contribution in [-0.2, 0) is 17.8 Å². The molecule has 0 heterocycles. The molecule has 0 spiro atoms. The van der Waals surface area contributed by atoms with Crippen molar-refractivity contribution in [2.75, 3.05) is 20.7 Å². The summed E-state index contributed by atoms with van der Waals surface area (Å²) in [5, 5.41) is 9.36. The van der Waals surface area contributed by atoms with E-state index in [1.807, 2.05) is 61.5 Å². The number of aliphatic hydroxyl groups is 1. The molecule has 0 bridgehead atoms.